The summed E-state index contributed by atoms with van der Waals surface area (Å²) < 4.78 is 23.5. The van der Waals surface area contributed by atoms with E-state index in [1.165, 1.54) is 0 Å². The molecule has 1 saturated carbocycles. The minimum absolute atomic E-state index is 0.157. The molecule has 2 fully saturated rings. The Labute approximate surface area is 117 Å². The van der Waals surface area contributed by atoms with Crippen LogP contribution in [-0.4, -0.2) is 38.3 Å². The molecule has 1 saturated heterocycles. The highest BCUT2D eigenvalue weighted by Gasteiger charge is 2.55. The predicted octanol–water partition coefficient (Wildman–Crippen LogP) is 3.01. The first-order valence-electron chi connectivity index (χ1n) is 7.21. The van der Waals surface area contributed by atoms with Gasteiger partial charge >= 0.3 is 7.12 Å². The third-order valence-corrected chi connectivity index (χ3v) is 5.11. The minimum Gasteiger partial charge on any atom is -0.403 e. The summed E-state index contributed by atoms with van der Waals surface area (Å²) in [7, 11) is 3.28. The molecule has 1 aliphatic heterocycles. The van der Waals surface area contributed by atoms with Crippen LogP contribution in [-0.2, 0) is 18.8 Å². The highest BCUT2D eigenvalue weighted by molar-refractivity contribution is 6.47. The van der Waals surface area contributed by atoms with E-state index in [2.05, 4.69) is 27.7 Å². The second kappa shape index (κ2) is 5.03. The number of methoxy groups -OCH3 is 2. The van der Waals surface area contributed by atoms with E-state index >= 15 is 0 Å². The molecular weight excluding hydrogens is 243 g/mol. The molecule has 2 aliphatic rings. The van der Waals surface area contributed by atoms with Crippen LogP contribution in [0.25, 0.3) is 0 Å². The average molecular weight is 270 g/mol. The van der Waals surface area contributed by atoms with Crippen molar-refractivity contribution in [3.05, 3.63) is 0 Å². The van der Waals surface area contributed by atoms with Gasteiger partial charge in [-0.15, -0.1) is 0 Å². The van der Waals surface area contributed by atoms with E-state index in [0.29, 0.717) is 5.82 Å². The Kier molecular flexibility index (Phi) is 4.05. The monoisotopic (exact) mass is 270 g/mol. The first-order chi connectivity index (χ1) is 8.75. The molecule has 19 heavy (non-hydrogen) atoms. The molecule has 110 valence electrons. The Morgan fingerprint density at radius 3 is 2.00 bits per heavy atom. The second-order valence-electron chi connectivity index (χ2n) is 6.80. The zero-order valence-corrected chi connectivity index (χ0v) is 13.1. The molecule has 0 spiro atoms. The molecule has 0 aromatic rings. The first kappa shape index (κ1) is 15.3. The molecule has 2 rings (SSSR count). The van der Waals surface area contributed by atoms with Gasteiger partial charge < -0.3 is 18.8 Å². The van der Waals surface area contributed by atoms with Crippen molar-refractivity contribution in [2.24, 2.45) is 0 Å². The quantitative estimate of drug-likeness (QED) is 0.583. The molecular formula is C14H27BO4. The molecule has 0 amide bonds. The molecule has 0 N–H and O–H groups in total. The van der Waals surface area contributed by atoms with Crippen LogP contribution in [0.4, 0.5) is 0 Å². The molecule has 0 aromatic heterocycles. The highest BCUT2D eigenvalue weighted by atomic mass is 16.7. The number of rotatable bonds is 3. The summed E-state index contributed by atoms with van der Waals surface area (Å²) in [5, 5.41) is 0. The standard InChI is InChI=1S/C14H27BO4/c1-12(2)13(3,4)19-15(18-12)11-8-7-9-14(10-11,16-5)17-6/h11H,7-10H2,1-6H3. The van der Waals surface area contributed by atoms with E-state index in [0.717, 1.165) is 25.7 Å². The Balaban J connectivity index is 2.08. The van der Waals surface area contributed by atoms with E-state index in [9.17, 15) is 0 Å². The third-order valence-electron chi connectivity index (χ3n) is 5.11. The maximum absolute atomic E-state index is 6.15. The van der Waals surface area contributed by atoms with Gasteiger partial charge in [-0.1, -0.05) is 6.42 Å². The van der Waals surface area contributed by atoms with Crippen LogP contribution >= 0.6 is 0 Å². The lowest BCUT2D eigenvalue weighted by atomic mass is 9.63. The maximum atomic E-state index is 6.15. The summed E-state index contributed by atoms with van der Waals surface area (Å²) in [6.07, 6.45) is 3.95. The van der Waals surface area contributed by atoms with Crippen molar-refractivity contribution in [2.45, 2.75) is 76.2 Å². The van der Waals surface area contributed by atoms with Gasteiger partial charge in [0.15, 0.2) is 5.79 Å². The van der Waals surface area contributed by atoms with Crippen molar-refractivity contribution < 1.29 is 18.8 Å². The fourth-order valence-electron chi connectivity index (χ4n) is 3.00. The van der Waals surface area contributed by atoms with E-state index in [1.807, 2.05) is 0 Å². The maximum Gasteiger partial charge on any atom is 0.461 e. The third kappa shape index (κ3) is 2.71. The molecule has 1 aliphatic carbocycles. The van der Waals surface area contributed by atoms with Crippen molar-refractivity contribution in [3.8, 4) is 0 Å². The van der Waals surface area contributed by atoms with Gasteiger partial charge in [-0.25, -0.2) is 0 Å². The Bertz CT molecular complexity index is 309. The molecule has 1 unspecified atom stereocenters. The smallest absolute Gasteiger partial charge is 0.403 e. The molecule has 1 heterocycles. The number of hydrogen-bond acceptors (Lipinski definition) is 4. The summed E-state index contributed by atoms with van der Waals surface area (Å²) in [5.41, 5.74) is -0.532. The summed E-state index contributed by atoms with van der Waals surface area (Å²) in [5.74, 6) is -0.137. The van der Waals surface area contributed by atoms with Gasteiger partial charge in [0.2, 0.25) is 0 Å². The molecule has 0 aromatic carbocycles. The van der Waals surface area contributed by atoms with Crippen molar-refractivity contribution in [2.75, 3.05) is 14.2 Å². The topological polar surface area (TPSA) is 36.9 Å². The highest BCUT2D eigenvalue weighted by Crippen LogP contribution is 2.46. The van der Waals surface area contributed by atoms with Crippen LogP contribution < -0.4 is 0 Å². The molecule has 1 atom stereocenters. The largest absolute Gasteiger partial charge is 0.461 e. The lowest BCUT2D eigenvalue weighted by Crippen LogP contribution is -2.42. The van der Waals surface area contributed by atoms with Crippen molar-refractivity contribution in [3.63, 3.8) is 0 Å². The number of hydrogen-bond donors (Lipinski definition) is 0. The Morgan fingerprint density at radius 2 is 1.53 bits per heavy atom. The van der Waals surface area contributed by atoms with Crippen LogP contribution in [0.1, 0.15) is 53.4 Å². The minimum atomic E-state index is -0.466. The predicted molar refractivity (Wildman–Crippen MR) is 75.0 cm³/mol. The lowest BCUT2D eigenvalue weighted by molar-refractivity contribution is -0.223. The fraction of sp³-hybridized carbons (Fsp3) is 1.00. The summed E-state index contributed by atoms with van der Waals surface area (Å²) in [6.45, 7) is 8.37. The zero-order valence-electron chi connectivity index (χ0n) is 13.1. The average Bonchev–Trinajstić information content (AvgIpc) is 2.58. The van der Waals surface area contributed by atoms with Crippen LogP contribution in [0.15, 0.2) is 0 Å². The van der Waals surface area contributed by atoms with E-state index < -0.39 is 5.79 Å². The van der Waals surface area contributed by atoms with Crippen LogP contribution in [0.2, 0.25) is 5.82 Å². The van der Waals surface area contributed by atoms with Crippen molar-refractivity contribution in [1.82, 2.24) is 0 Å². The first-order valence-corrected chi connectivity index (χ1v) is 7.21. The van der Waals surface area contributed by atoms with Gasteiger partial charge in [0.05, 0.1) is 11.2 Å². The van der Waals surface area contributed by atoms with E-state index in [-0.39, 0.29) is 18.3 Å². The normalized spacial score (nSPS) is 32.5. The van der Waals surface area contributed by atoms with Gasteiger partial charge in [-0.2, -0.15) is 0 Å². The molecule has 4 nitrogen and oxygen atoms in total. The summed E-state index contributed by atoms with van der Waals surface area (Å²) >= 11 is 0. The van der Waals surface area contributed by atoms with Crippen LogP contribution in [0.3, 0.4) is 0 Å². The van der Waals surface area contributed by atoms with E-state index in [1.54, 1.807) is 14.2 Å². The summed E-state index contributed by atoms with van der Waals surface area (Å²) in [6, 6.07) is 0. The van der Waals surface area contributed by atoms with Gasteiger partial charge in [-0.05, 0) is 39.9 Å². The molecule has 0 bridgehead atoms. The lowest BCUT2D eigenvalue weighted by Gasteiger charge is -2.39. The molecule has 5 heteroatoms. The van der Waals surface area contributed by atoms with Crippen molar-refractivity contribution in [1.29, 1.82) is 0 Å². The van der Waals surface area contributed by atoms with Crippen LogP contribution in [0.5, 0.6) is 0 Å². The van der Waals surface area contributed by atoms with Crippen LogP contribution in [0, 0.1) is 0 Å². The summed E-state index contributed by atoms with van der Waals surface area (Å²) in [4.78, 5) is 0. The van der Waals surface area contributed by atoms with E-state index in [4.69, 9.17) is 18.8 Å². The molecule has 0 radical (unpaired) electrons. The second-order valence-corrected chi connectivity index (χ2v) is 6.80. The zero-order chi connectivity index (χ0) is 14.3. The van der Waals surface area contributed by atoms with Gasteiger partial charge in [-0.3, -0.25) is 0 Å². The fourth-order valence-corrected chi connectivity index (χ4v) is 3.00. The van der Waals surface area contributed by atoms with Gasteiger partial charge in [0.1, 0.15) is 0 Å². The number of ether oxygens (including phenoxy) is 2. The van der Waals surface area contributed by atoms with Gasteiger partial charge in [0.25, 0.3) is 0 Å². The SMILES string of the molecule is COC1(OC)CCCC(B2OC(C)(C)C(C)(C)O2)C1. The Morgan fingerprint density at radius 1 is 1.00 bits per heavy atom. The van der Waals surface area contributed by atoms with Gasteiger partial charge in [0, 0.05) is 27.1 Å². The van der Waals surface area contributed by atoms with Crippen molar-refractivity contribution >= 4 is 7.12 Å². The Hall–Kier alpha value is -0.0951.